The van der Waals surface area contributed by atoms with Gasteiger partial charge in [0.15, 0.2) is 11.5 Å². The monoisotopic (exact) mass is 498 g/mol. The molecular weight excluding hydrogens is 476 g/mol. The minimum absolute atomic E-state index is 0.216. The van der Waals surface area contributed by atoms with Crippen LogP contribution < -0.4 is 20.1 Å². The predicted molar refractivity (Wildman–Crippen MR) is 130 cm³/mol. The van der Waals surface area contributed by atoms with Gasteiger partial charge in [-0.3, -0.25) is 9.59 Å². The fourth-order valence-electron chi connectivity index (χ4n) is 4.26. The molecule has 2 N–H and O–H groups in total. The number of ether oxygens (including phenoxy) is 3. The molecule has 2 aliphatic rings. The second-order valence-corrected chi connectivity index (χ2v) is 9.62. The van der Waals surface area contributed by atoms with Gasteiger partial charge in [-0.25, -0.2) is 0 Å². The molecule has 3 heterocycles. The summed E-state index contributed by atoms with van der Waals surface area (Å²) < 4.78 is 16.6. The molecule has 5 rings (SSSR count). The smallest absolute Gasteiger partial charge is 0.265 e. The van der Waals surface area contributed by atoms with Gasteiger partial charge < -0.3 is 24.8 Å². The summed E-state index contributed by atoms with van der Waals surface area (Å²) in [6.45, 7) is 1.89. The fourth-order valence-corrected chi connectivity index (χ4v) is 5.05. The summed E-state index contributed by atoms with van der Waals surface area (Å²) >= 11 is 7.61. The highest BCUT2D eigenvalue weighted by Crippen LogP contribution is 2.40. The lowest BCUT2D eigenvalue weighted by Gasteiger charge is -2.38. The Labute approximate surface area is 206 Å². The minimum atomic E-state index is -0.280. The van der Waals surface area contributed by atoms with Crippen molar-refractivity contribution in [2.75, 3.05) is 31.9 Å². The summed E-state index contributed by atoms with van der Waals surface area (Å²) in [4.78, 5) is 26.1. The highest BCUT2D eigenvalue weighted by Gasteiger charge is 2.36. The molecule has 1 fully saturated rings. The Morgan fingerprint density at radius 1 is 1.00 bits per heavy atom. The maximum atomic E-state index is 13.1. The number of amides is 2. The van der Waals surface area contributed by atoms with Crippen LogP contribution in [0.5, 0.6) is 11.5 Å². The molecule has 0 aliphatic carbocycles. The van der Waals surface area contributed by atoms with E-state index in [0.29, 0.717) is 40.9 Å². The molecule has 176 valence electrons. The second-order valence-electron chi connectivity index (χ2n) is 8.27. The summed E-state index contributed by atoms with van der Waals surface area (Å²) in [5.41, 5.74) is 1.61. The first kappa shape index (κ1) is 22.7. The molecule has 9 heteroatoms. The average Bonchev–Trinajstić information content (AvgIpc) is 3.56. The lowest BCUT2D eigenvalue weighted by atomic mass is 9.74. The molecular formula is C25H23ClN2O5S. The van der Waals surface area contributed by atoms with Crippen LogP contribution >= 0.6 is 22.9 Å². The molecule has 0 radical (unpaired) electrons. The average molecular weight is 499 g/mol. The van der Waals surface area contributed by atoms with Gasteiger partial charge in [0.1, 0.15) is 0 Å². The zero-order valence-electron chi connectivity index (χ0n) is 18.3. The van der Waals surface area contributed by atoms with Gasteiger partial charge in [-0.1, -0.05) is 23.7 Å². The van der Waals surface area contributed by atoms with Gasteiger partial charge in [-0.05, 0) is 60.2 Å². The number of hydrogen-bond donors (Lipinski definition) is 2. The van der Waals surface area contributed by atoms with E-state index < -0.39 is 0 Å². The summed E-state index contributed by atoms with van der Waals surface area (Å²) in [6, 6.07) is 14.3. The van der Waals surface area contributed by atoms with Crippen molar-refractivity contribution in [3.63, 3.8) is 0 Å². The van der Waals surface area contributed by atoms with Gasteiger partial charge in [-0.2, -0.15) is 0 Å². The molecule has 7 nitrogen and oxygen atoms in total. The van der Waals surface area contributed by atoms with E-state index in [2.05, 4.69) is 10.6 Å². The maximum absolute atomic E-state index is 13.1. The van der Waals surface area contributed by atoms with Gasteiger partial charge in [0.05, 0.1) is 15.6 Å². The largest absolute Gasteiger partial charge is 0.454 e. The van der Waals surface area contributed by atoms with E-state index >= 15 is 0 Å². The molecule has 1 saturated heterocycles. The van der Waals surface area contributed by atoms with Crippen LogP contribution in [0.4, 0.5) is 5.69 Å². The number of rotatable bonds is 6. The molecule has 0 saturated carbocycles. The topological polar surface area (TPSA) is 85.9 Å². The first-order valence-electron chi connectivity index (χ1n) is 10.9. The molecule has 2 aromatic carbocycles. The molecule has 1 aromatic heterocycles. The van der Waals surface area contributed by atoms with Crippen molar-refractivity contribution >= 4 is 40.4 Å². The third kappa shape index (κ3) is 4.61. The third-order valence-corrected chi connectivity index (χ3v) is 7.44. The van der Waals surface area contributed by atoms with Crippen molar-refractivity contribution in [2.45, 2.75) is 18.3 Å². The van der Waals surface area contributed by atoms with Crippen LogP contribution in [0.3, 0.4) is 0 Å². The number of halogens is 1. The number of nitrogens with one attached hydrogen (secondary N) is 2. The highest BCUT2D eigenvalue weighted by atomic mass is 35.5. The van der Waals surface area contributed by atoms with E-state index in [1.54, 1.807) is 30.3 Å². The number of hydrogen-bond acceptors (Lipinski definition) is 6. The van der Waals surface area contributed by atoms with E-state index in [4.69, 9.17) is 25.8 Å². The molecule has 3 aromatic rings. The second kappa shape index (κ2) is 9.66. The highest BCUT2D eigenvalue weighted by molar-refractivity contribution is 7.12. The van der Waals surface area contributed by atoms with Gasteiger partial charge in [0, 0.05) is 30.7 Å². The minimum Gasteiger partial charge on any atom is -0.454 e. The van der Waals surface area contributed by atoms with E-state index in [1.165, 1.54) is 11.3 Å². The number of benzene rings is 2. The van der Waals surface area contributed by atoms with Crippen LogP contribution in [0.1, 0.15) is 38.4 Å². The Morgan fingerprint density at radius 3 is 2.62 bits per heavy atom. The molecule has 0 atom stereocenters. The summed E-state index contributed by atoms with van der Waals surface area (Å²) in [7, 11) is 0. The Morgan fingerprint density at radius 2 is 1.82 bits per heavy atom. The molecule has 0 unspecified atom stereocenters. The lowest BCUT2D eigenvalue weighted by molar-refractivity contribution is 0.0486. The van der Waals surface area contributed by atoms with Crippen LogP contribution in [-0.2, 0) is 10.2 Å². The molecule has 0 bridgehead atoms. The molecule has 0 spiro atoms. The predicted octanol–water partition coefficient (Wildman–Crippen LogP) is 4.86. The summed E-state index contributed by atoms with van der Waals surface area (Å²) in [5, 5.41) is 8.06. The van der Waals surface area contributed by atoms with Crippen LogP contribution in [0, 0.1) is 0 Å². The van der Waals surface area contributed by atoms with Crippen LogP contribution in [-0.4, -0.2) is 38.4 Å². The first-order chi connectivity index (χ1) is 16.5. The number of carbonyl (C=O) groups is 2. The van der Waals surface area contributed by atoms with Crippen molar-refractivity contribution < 1.29 is 23.8 Å². The Balaban J connectivity index is 1.32. The molecule has 34 heavy (non-hydrogen) atoms. The maximum Gasteiger partial charge on any atom is 0.265 e. The van der Waals surface area contributed by atoms with Crippen molar-refractivity contribution in [3.05, 3.63) is 74.9 Å². The number of thiophene rings is 1. The Bertz CT molecular complexity index is 1210. The zero-order valence-corrected chi connectivity index (χ0v) is 19.8. The molecule has 2 amide bonds. The Kier molecular flexibility index (Phi) is 6.45. The van der Waals surface area contributed by atoms with E-state index in [-0.39, 0.29) is 24.0 Å². The lowest BCUT2D eigenvalue weighted by Crippen LogP contribution is -2.44. The van der Waals surface area contributed by atoms with Gasteiger partial charge in [-0.15, -0.1) is 11.3 Å². The van der Waals surface area contributed by atoms with Gasteiger partial charge in [0.25, 0.3) is 11.8 Å². The standard InChI is InChI=1S/C25H23ClN2O5S/c26-18-5-3-16(12-19(18)28-24(30)22-2-1-11-34-22)23(29)27-14-25(7-9-31-10-8-25)17-4-6-20-21(13-17)33-15-32-20/h1-6,11-13H,7-10,14-15H2,(H,27,29)(H,28,30). The number of carbonyl (C=O) groups excluding carboxylic acids is 2. The third-order valence-electron chi connectivity index (χ3n) is 6.24. The van der Waals surface area contributed by atoms with E-state index in [9.17, 15) is 9.59 Å². The quantitative estimate of drug-likeness (QED) is 0.507. The first-order valence-corrected chi connectivity index (χ1v) is 12.2. The zero-order chi connectivity index (χ0) is 23.5. The van der Waals surface area contributed by atoms with Crippen molar-refractivity contribution in [2.24, 2.45) is 0 Å². The van der Waals surface area contributed by atoms with Crippen LogP contribution in [0.25, 0.3) is 0 Å². The van der Waals surface area contributed by atoms with E-state index in [1.807, 2.05) is 23.6 Å². The Hall–Kier alpha value is -3.07. The van der Waals surface area contributed by atoms with Crippen molar-refractivity contribution in [1.82, 2.24) is 5.32 Å². The van der Waals surface area contributed by atoms with Crippen molar-refractivity contribution in [3.8, 4) is 11.5 Å². The summed E-state index contributed by atoms with van der Waals surface area (Å²) in [5.74, 6) is 0.945. The van der Waals surface area contributed by atoms with Crippen LogP contribution in [0.15, 0.2) is 53.9 Å². The van der Waals surface area contributed by atoms with E-state index in [0.717, 1.165) is 29.9 Å². The normalized spacial score (nSPS) is 16.1. The van der Waals surface area contributed by atoms with Crippen molar-refractivity contribution in [1.29, 1.82) is 0 Å². The summed E-state index contributed by atoms with van der Waals surface area (Å²) in [6.07, 6.45) is 1.55. The molecule has 2 aliphatic heterocycles. The fraction of sp³-hybridized carbons (Fsp3) is 0.280. The van der Waals surface area contributed by atoms with Gasteiger partial charge >= 0.3 is 0 Å². The van der Waals surface area contributed by atoms with Gasteiger partial charge in [0.2, 0.25) is 6.79 Å². The van der Waals surface area contributed by atoms with Crippen LogP contribution in [0.2, 0.25) is 5.02 Å². The SMILES string of the molecule is O=C(NCC1(c2ccc3c(c2)OCO3)CCOCC1)c1ccc(Cl)c(NC(=O)c2cccs2)c1. The number of anilines is 1. The number of fused-ring (bicyclic) bond motifs is 1.